The summed E-state index contributed by atoms with van der Waals surface area (Å²) in [4.78, 5) is 0. The summed E-state index contributed by atoms with van der Waals surface area (Å²) in [7, 11) is 20.1. The molecular weight excluding hydrogens is 424 g/mol. The van der Waals surface area contributed by atoms with Crippen molar-refractivity contribution in [1.29, 1.82) is 0 Å². The number of halogens is 4. The summed E-state index contributed by atoms with van der Waals surface area (Å²) >= 11 is -3.22. The molecule has 0 bridgehead atoms. The summed E-state index contributed by atoms with van der Waals surface area (Å²) in [5.74, 6) is 0. The van der Waals surface area contributed by atoms with Gasteiger partial charge in [-0.2, -0.15) is 0 Å². The molecule has 0 aromatic carbocycles. The van der Waals surface area contributed by atoms with Gasteiger partial charge in [0.15, 0.2) is 0 Å². The molecule has 0 atom stereocenters. The third-order valence-corrected chi connectivity index (χ3v) is 0. The van der Waals surface area contributed by atoms with Crippen LogP contribution >= 0.6 is 38.1 Å². The molecule has 83 valence electrons. The Balaban J connectivity index is -0.00000000533. The second kappa shape index (κ2) is 22.6. The molecule has 0 aliphatic rings. The van der Waals surface area contributed by atoms with E-state index in [2.05, 4.69) is 0 Å². The number of rotatable bonds is 0. The van der Waals surface area contributed by atoms with E-state index in [-0.39, 0.29) is 32.9 Å². The molecule has 0 spiro atoms. The van der Waals surface area contributed by atoms with Crippen LogP contribution in [-0.4, -0.2) is 32.9 Å². The number of hydrogen-bond donors (Lipinski definition) is 0. The zero-order chi connectivity index (χ0) is 4.50. The van der Waals surface area contributed by atoms with Gasteiger partial charge in [0.05, 0.1) is 0 Å². The molecule has 0 saturated carbocycles. The Kier molecular flexibility index (Phi) is 111. The molecule has 0 aromatic rings. The maximum atomic E-state index is 5.03. The van der Waals surface area contributed by atoms with E-state index in [1.807, 2.05) is 0 Å². The Bertz CT molecular complexity index is 30.1. The van der Waals surface area contributed by atoms with Gasteiger partial charge in [-0.15, -0.1) is 0 Å². The molecular formula is H12Cl4O6Re. The van der Waals surface area contributed by atoms with Gasteiger partial charge in [0, 0.05) is 0 Å². The van der Waals surface area contributed by atoms with Gasteiger partial charge < -0.3 is 32.9 Å². The fourth-order valence-corrected chi connectivity index (χ4v) is 0. The van der Waals surface area contributed by atoms with Crippen molar-refractivity contribution in [3.8, 4) is 0 Å². The Morgan fingerprint density at radius 2 is 0.455 bits per heavy atom. The molecule has 0 radical (unpaired) electrons. The van der Waals surface area contributed by atoms with Crippen LogP contribution in [0, 0.1) is 0 Å². The van der Waals surface area contributed by atoms with Crippen molar-refractivity contribution in [2.75, 3.05) is 0 Å². The van der Waals surface area contributed by atoms with Gasteiger partial charge in [-0.3, -0.25) is 0 Å². The first-order valence-corrected chi connectivity index (χ1v) is 14.0. The molecule has 0 aromatic heterocycles. The van der Waals surface area contributed by atoms with E-state index in [9.17, 15) is 0 Å². The average Bonchev–Trinajstić information content (AvgIpc) is 0.722. The third kappa shape index (κ3) is 425. The summed E-state index contributed by atoms with van der Waals surface area (Å²) < 4.78 is 0. The predicted molar refractivity (Wildman–Crippen MR) is 45.1 cm³/mol. The van der Waals surface area contributed by atoms with Crippen LogP contribution in [0.3, 0.4) is 0 Å². The van der Waals surface area contributed by atoms with Gasteiger partial charge in [-0.05, 0) is 0 Å². The summed E-state index contributed by atoms with van der Waals surface area (Å²) in [6, 6.07) is 0. The van der Waals surface area contributed by atoms with Crippen molar-refractivity contribution in [2.45, 2.75) is 0 Å². The second-order valence-corrected chi connectivity index (χ2v) is 23.9. The van der Waals surface area contributed by atoms with Crippen molar-refractivity contribution in [2.24, 2.45) is 0 Å². The van der Waals surface area contributed by atoms with Crippen molar-refractivity contribution < 1.29 is 44.3 Å². The van der Waals surface area contributed by atoms with Crippen molar-refractivity contribution in [1.82, 2.24) is 0 Å². The molecule has 6 nitrogen and oxygen atoms in total. The molecule has 0 heterocycles. The van der Waals surface area contributed by atoms with Crippen molar-refractivity contribution in [3.05, 3.63) is 0 Å². The Labute approximate surface area is 82.2 Å². The van der Waals surface area contributed by atoms with E-state index in [0.29, 0.717) is 0 Å². The molecule has 0 saturated heterocycles. The summed E-state index contributed by atoms with van der Waals surface area (Å²) in [6.45, 7) is 0. The predicted octanol–water partition coefficient (Wildman–Crippen LogP) is -2.19. The normalized spacial score (nSPS) is 6.91. The molecule has 0 unspecified atom stereocenters. The molecule has 12 N–H and O–H groups in total. The second-order valence-electron chi connectivity index (χ2n) is 0.324. The SMILES string of the molecule is O.O.O.O.O.O.[Cl][Re]([Cl])([Cl])[Cl]. The van der Waals surface area contributed by atoms with E-state index < -0.39 is 11.5 Å². The topological polar surface area (TPSA) is 189 Å². The first-order chi connectivity index (χ1) is 2.00. The molecule has 11 heteroatoms. The van der Waals surface area contributed by atoms with Gasteiger partial charge in [-0.25, -0.2) is 0 Å². The van der Waals surface area contributed by atoms with Crippen LogP contribution in [-0.2, 0) is 11.5 Å². The van der Waals surface area contributed by atoms with E-state index in [1.54, 1.807) is 0 Å². The Morgan fingerprint density at radius 1 is 0.455 bits per heavy atom. The minimum atomic E-state index is -3.22. The van der Waals surface area contributed by atoms with Gasteiger partial charge in [0.25, 0.3) is 0 Å². The standard InChI is InChI=1S/4ClH.6H2O.Re/h4*1H;6*1H2;/q;;;;;;;;;;+4/p-4. The quantitative estimate of drug-likeness (QED) is 0.399. The van der Waals surface area contributed by atoms with Crippen LogP contribution < -0.4 is 0 Å². The zero-order valence-corrected chi connectivity index (χ0v) is 10.6. The summed E-state index contributed by atoms with van der Waals surface area (Å²) in [5, 5.41) is 0. The third-order valence-electron chi connectivity index (χ3n) is 0. The van der Waals surface area contributed by atoms with Crippen LogP contribution in [0.1, 0.15) is 0 Å². The van der Waals surface area contributed by atoms with E-state index >= 15 is 0 Å². The molecule has 0 amide bonds. The minimum absolute atomic E-state index is 0. The van der Waals surface area contributed by atoms with E-state index in [1.165, 1.54) is 0 Å². The average molecular weight is 436 g/mol. The first kappa shape index (κ1) is 54.2. The summed E-state index contributed by atoms with van der Waals surface area (Å²) in [6.07, 6.45) is 0. The van der Waals surface area contributed by atoms with Crippen LogP contribution in [0.5, 0.6) is 0 Å². The number of hydrogen-bond acceptors (Lipinski definition) is 0. The van der Waals surface area contributed by atoms with Gasteiger partial charge in [0.2, 0.25) is 0 Å². The van der Waals surface area contributed by atoms with Crippen molar-refractivity contribution in [3.63, 3.8) is 0 Å². The van der Waals surface area contributed by atoms with Gasteiger partial charge in [0.1, 0.15) is 0 Å². The Morgan fingerprint density at radius 3 is 0.455 bits per heavy atom. The molecule has 11 heavy (non-hydrogen) atoms. The fourth-order valence-electron chi connectivity index (χ4n) is 0. The first-order valence-electron chi connectivity index (χ1n) is 0.571. The molecule has 0 rings (SSSR count). The van der Waals surface area contributed by atoms with Crippen LogP contribution in [0.4, 0.5) is 0 Å². The Hall–Kier alpha value is 1.58. The van der Waals surface area contributed by atoms with E-state index in [4.69, 9.17) is 38.1 Å². The van der Waals surface area contributed by atoms with Crippen molar-refractivity contribution >= 4 is 38.1 Å². The van der Waals surface area contributed by atoms with E-state index in [0.717, 1.165) is 0 Å². The van der Waals surface area contributed by atoms with Crippen LogP contribution in [0.15, 0.2) is 0 Å². The van der Waals surface area contributed by atoms with Gasteiger partial charge in [-0.1, -0.05) is 0 Å². The fraction of sp³-hybridized carbons (Fsp3) is 0. The molecule has 0 aliphatic carbocycles. The maximum absolute atomic E-state index is 5.03. The molecule has 0 aliphatic heterocycles. The van der Waals surface area contributed by atoms with Gasteiger partial charge >= 0.3 is 49.6 Å². The molecule has 0 fully saturated rings. The monoisotopic (exact) mass is 435 g/mol. The zero-order valence-electron chi connectivity index (χ0n) is 4.89. The summed E-state index contributed by atoms with van der Waals surface area (Å²) in [5.41, 5.74) is 0. The van der Waals surface area contributed by atoms with Crippen LogP contribution in [0.2, 0.25) is 0 Å². The van der Waals surface area contributed by atoms with Crippen LogP contribution in [0.25, 0.3) is 0 Å².